The zero-order chi connectivity index (χ0) is 20.1. The minimum Gasteiger partial charge on any atom is -0.481 e. The summed E-state index contributed by atoms with van der Waals surface area (Å²) in [6, 6.07) is 0. The predicted molar refractivity (Wildman–Crippen MR) is 101 cm³/mol. The number of nitrogens with one attached hydrogen (secondary N) is 2. The Labute approximate surface area is 160 Å². The molecule has 8 nitrogen and oxygen atoms in total. The second kappa shape index (κ2) is 12.7. The minimum absolute atomic E-state index is 0.166. The van der Waals surface area contributed by atoms with Crippen LogP contribution in [0.2, 0.25) is 0 Å². The van der Waals surface area contributed by atoms with E-state index in [0.29, 0.717) is 32.2 Å². The first-order chi connectivity index (χ1) is 12.8. The van der Waals surface area contributed by atoms with Gasteiger partial charge in [0.05, 0.1) is 11.6 Å². The number of carbonyl (C=O) groups is 3. The van der Waals surface area contributed by atoms with Gasteiger partial charge in [-0.05, 0) is 64.5 Å². The molecule has 0 radical (unpaired) electrons. The zero-order valence-corrected chi connectivity index (χ0v) is 16.0. The number of unbranched alkanes of at least 4 members (excludes halogenated alkanes) is 4. The summed E-state index contributed by atoms with van der Waals surface area (Å²) >= 11 is 0. The molecule has 1 aliphatic carbocycles. The van der Waals surface area contributed by atoms with Crippen LogP contribution < -0.4 is 10.6 Å². The Morgan fingerprint density at radius 3 is 1.67 bits per heavy atom. The van der Waals surface area contributed by atoms with E-state index in [9.17, 15) is 19.5 Å². The molecule has 0 atom stereocenters. The molecule has 1 saturated carbocycles. The topological polar surface area (TPSA) is 136 Å². The van der Waals surface area contributed by atoms with Crippen LogP contribution in [0.25, 0.3) is 0 Å². The van der Waals surface area contributed by atoms with Gasteiger partial charge in [-0.3, -0.25) is 25.0 Å². The second-order valence-electron chi connectivity index (χ2n) is 7.46. The average Bonchev–Trinajstić information content (AvgIpc) is 2.60. The Morgan fingerprint density at radius 2 is 1.19 bits per heavy atom. The van der Waals surface area contributed by atoms with Crippen molar-refractivity contribution in [3.63, 3.8) is 0 Å². The van der Waals surface area contributed by atoms with Crippen LogP contribution in [0.1, 0.15) is 77.0 Å². The SMILES string of the molecule is O=C(O)CCCCCCNC1(NCCCCC(=O)O)CCC(C(=O)O)CC1. The molecule has 1 fully saturated rings. The van der Waals surface area contributed by atoms with Crippen molar-refractivity contribution in [3.8, 4) is 0 Å². The highest BCUT2D eigenvalue weighted by Crippen LogP contribution is 2.30. The highest BCUT2D eigenvalue weighted by molar-refractivity contribution is 5.70. The molecule has 1 rings (SSSR count). The van der Waals surface area contributed by atoms with Crippen molar-refractivity contribution in [2.45, 2.75) is 82.7 Å². The first kappa shape index (κ1) is 23.4. The number of aliphatic carboxylic acids is 3. The third-order valence-corrected chi connectivity index (χ3v) is 5.25. The number of carboxylic acids is 3. The van der Waals surface area contributed by atoms with Crippen molar-refractivity contribution in [3.05, 3.63) is 0 Å². The van der Waals surface area contributed by atoms with Crippen molar-refractivity contribution in [2.75, 3.05) is 13.1 Å². The van der Waals surface area contributed by atoms with Crippen LogP contribution in [0.4, 0.5) is 0 Å². The van der Waals surface area contributed by atoms with E-state index in [2.05, 4.69) is 10.6 Å². The van der Waals surface area contributed by atoms with Gasteiger partial charge in [-0.15, -0.1) is 0 Å². The summed E-state index contributed by atoms with van der Waals surface area (Å²) in [5, 5.41) is 33.6. The maximum Gasteiger partial charge on any atom is 0.306 e. The van der Waals surface area contributed by atoms with E-state index >= 15 is 0 Å². The fourth-order valence-electron chi connectivity index (χ4n) is 3.58. The quantitative estimate of drug-likeness (QED) is 0.214. The second-order valence-corrected chi connectivity index (χ2v) is 7.46. The molecule has 1 aliphatic rings. The molecule has 0 amide bonds. The molecule has 0 aromatic carbocycles. The van der Waals surface area contributed by atoms with E-state index in [0.717, 1.165) is 45.1 Å². The van der Waals surface area contributed by atoms with E-state index in [-0.39, 0.29) is 24.4 Å². The molecule has 0 bridgehead atoms. The smallest absolute Gasteiger partial charge is 0.306 e. The molecular weight excluding hydrogens is 352 g/mol. The maximum absolute atomic E-state index is 11.2. The number of carboxylic acid groups (broad SMARTS) is 3. The van der Waals surface area contributed by atoms with Gasteiger partial charge in [0.15, 0.2) is 0 Å². The highest BCUT2D eigenvalue weighted by atomic mass is 16.4. The fraction of sp³-hybridized carbons (Fsp3) is 0.842. The van der Waals surface area contributed by atoms with E-state index in [4.69, 9.17) is 10.2 Å². The van der Waals surface area contributed by atoms with Crippen LogP contribution in [0.5, 0.6) is 0 Å². The molecule has 5 N–H and O–H groups in total. The van der Waals surface area contributed by atoms with Crippen LogP contribution in [-0.2, 0) is 14.4 Å². The van der Waals surface area contributed by atoms with Gasteiger partial charge in [-0.2, -0.15) is 0 Å². The van der Waals surface area contributed by atoms with Crippen molar-refractivity contribution < 1.29 is 29.7 Å². The third-order valence-electron chi connectivity index (χ3n) is 5.25. The molecule has 0 aliphatic heterocycles. The standard InChI is InChI=1S/C19H34N2O6/c22-16(23)7-3-1-2-5-13-20-19(21-14-6-4-8-17(24)25)11-9-15(10-12-19)18(26)27/h15,20-21H,1-14H2,(H,22,23)(H,24,25)(H,26,27). The van der Waals surface area contributed by atoms with Crippen LogP contribution in [0.15, 0.2) is 0 Å². The van der Waals surface area contributed by atoms with Gasteiger partial charge in [0.1, 0.15) is 0 Å². The molecule has 0 aromatic rings. The Bertz CT molecular complexity index is 475. The van der Waals surface area contributed by atoms with Crippen molar-refractivity contribution in [1.82, 2.24) is 10.6 Å². The summed E-state index contributed by atoms with van der Waals surface area (Å²) in [5.41, 5.74) is -0.282. The molecule has 0 saturated heterocycles. The Kier molecular flexibility index (Phi) is 11.0. The van der Waals surface area contributed by atoms with E-state index < -0.39 is 17.9 Å². The minimum atomic E-state index is -0.785. The average molecular weight is 386 g/mol. The van der Waals surface area contributed by atoms with Gasteiger partial charge in [-0.1, -0.05) is 12.8 Å². The van der Waals surface area contributed by atoms with Gasteiger partial charge in [0.25, 0.3) is 0 Å². The Hall–Kier alpha value is -1.67. The Morgan fingerprint density at radius 1 is 0.741 bits per heavy atom. The lowest BCUT2D eigenvalue weighted by Gasteiger charge is -2.41. The van der Waals surface area contributed by atoms with Crippen molar-refractivity contribution >= 4 is 17.9 Å². The van der Waals surface area contributed by atoms with Crippen molar-refractivity contribution in [2.24, 2.45) is 5.92 Å². The lowest BCUT2D eigenvalue weighted by atomic mass is 9.81. The number of rotatable bonds is 15. The summed E-state index contributed by atoms with van der Waals surface area (Å²) in [7, 11) is 0. The number of hydrogen-bond acceptors (Lipinski definition) is 5. The molecule has 156 valence electrons. The van der Waals surface area contributed by atoms with Gasteiger partial charge in [0.2, 0.25) is 0 Å². The lowest BCUT2D eigenvalue weighted by Crippen LogP contribution is -2.59. The van der Waals surface area contributed by atoms with Crippen molar-refractivity contribution in [1.29, 1.82) is 0 Å². The number of hydrogen-bond donors (Lipinski definition) is 5. The summed E-state index contributed by atoms with van der Waals surface area (Å²) in [6.07, 6.45) is 8.01. The van der Waals surface area contributed by atoms with E-state index in [1.165, 1.54) is 0 Å². The normalized spacial score (nSPS) is 22.4. The van der Waals surface area contributed by atoms with Gasteiger partial charge in [-0.25, -0.2) is 0 Å². The molecule has 0 spiro atoms. The van der Waals surface area contributed by atoms with E-state index in [1.807, 2.05) is 0 Å². The zero-order valence-electron chi connectivity index (χ0n) is 16.0. The maximum atomic E-state index is 11.2. The van der Waals surface area contributed by atoms with Crippen LogP contribution in [-0.4, -0.2) is 52.0 Å². The summed E-state index contributed by atoms with van der Waals surface area (Å²) in [6.45, 7) is 1.50. The molecule has 0 unspecified atom stereocenters. The fourth-order valence-corrected chi connectivity index (χ4v) is 3.58. The summed E-state index contributed by atoms with van der Waals surface area (Å²) < 4.78 is 0. The molecule has 27 heavy (non-hydrogen) atoms. The lowest BCUT2D eigenvalue weighted by molar-refractivity contribution is -0.143. The van der Waals surface area contributed by atoms with Gasteiger partial charge >= 0.3 is 17.9 Å². The van der Waals surface area contributed by atoms with Gasteiger partial charge in [0, 0.05) is 12.8 Å². The summed E-state index contributed by atoms with van der Waals surface area (Å²) in [4.78, 5) is 32.3. The first-order valence-corrected chi connectivity index (χ1v) is 10.0. The first-order valence-electron chi connectivity index (χ1n) is 10.0. The molecule has 0 heterocycles. The molecule has 0 aromatic heterocycles. The van der Waals surface area contributed by atoms with Crippen LogP contribution >= 0.6 is 0 Å². The predicted octanol–water partition coefficient (Wildman–Crippen LogP) is 2.43. The Balaban J connectivity index is 2.36. The van der Waals surface area contributed by atoms with Crippen LogP contribution in [0, 0.1) is 5.92 Å². The summed E-state index contributed by atoms with van der Waals surface area (Å²) in [5.74, 6) is -2.56. The monoisotopic (exact) mass is 386 g/mol. The van der Waals surface area contributed by atoms with E-state index in [1.54, 1.807) is 0 Å². The highest BCUT2D eigenvalue weighted by Gasteiger charge is 2.36. The third kappa shape index (κ3) is 10.3. The van der Waals surface area contributed by atoms with Gasteiger partial charge < -0.3 is 15.3 Å². The largest absolute Gasteiger partial charge is 0.481 e. The van der Waals surface area contributed by atoms with Crippen LogP contribution in [0.3, 0.4) is 0 Å². The molecule has 8 heteroatoms. The molecular formula is C19H34N2O6.